The monoisotopic (exact) mass is 395 g/mol. The Hall–Kier alpha value is -2.38. The highest BCUT2D eigenvalue weighted by atomic mass is 15.1. The van der Waals surface area contributed by atoms with Crippen LogP contribution in [0.1, 0.15) is 66.6 Å². The molecular formula is C29H33N. The minimum absolute atomic E-state index is 1.05. The van der Waals surface area contributed by atoms with Gasteiger partial charge in [-0.25, -0.2) is 0 Å². The fourth-order valence-electron chi connectivity index (χ4n) is 5.91. The van der Waals surface area contributed by atoms with Gasteiger partial charge in [0.05, 0.1) is 0 Å². The first-order chi connectivity index (χ1) is 14.7. The van der Waals surface area contributed by atoms with Gasteiger partial charge in [-0.3, -0.25) is 4.90 Å². The fourth-order valence-corrected chi connectivity index (χ4v) is 5.91. The smallest absolute Gasteiger partial charge is 0.0233 e. The van der Waals surface area contributed by atoms with E-state index in [1.165, 1.54) is 27.8 Å². The molecule has 1 heteroatoms. The van der Waals surface area contributed by atoms with E-state index in [1.54, 1.807) is 33.4 Å². The molecule has 0 radical (unpaired) electrons. The number of hydrogen-bond donors (Lipinski definition) is 0. The average molecular weight is 396 g/mol. The summed E-state index contributed by atoms with van der Waals surface area (Å²) in [5, 5.41) is 0. The summed E-state index contributed by atoms with van der Waals surface area (Å²) >= 11 is 0. The van der Waals surface area contributed by atoms with Crippen molar-refractivity contribution < 1.29 is 0 Å². The van der Waals surface area contributed by atoms with Crippen molar-refractivity contribution in [2.24, 2.45) is 0 Å². The first-order valence-electron chi connectivity index (χ1n) is 11.8. The van der Waals surface area contributed by atoms with Gasteiger partial charge in [-0.2, -0.15) is 0 Å². The third-order valence-electron chi connectivity index (χ3n) is 7.41. The van der Waals surface area contributed by atoms with Crippen molar-refractivity contribution in [3.63, 3.8) is 0 Å². The van der Waals surface area contributed by atoms with Gasteiger partial charge in [-0.05, 0) is 106 Å². The van der Waals surface area contributed by atoms with E-state index in [-0.39, 0.29) is 0 Å². The van der Waals surface area contributed by atoms with E-state index < -0.39 is 0 Å². The second-order valence-corrected chi connectivity index (χ2v) is 8.83. The van der Waals surface area contributed by atoms with Gasteiger partial charge >= 0.3 is 0 Å². The number of hydrogen-bond acceptors (Lipinski definition) is 1. The molecule has 1 nitrogen and oxygen atoms in total. The minimum atomic E-state index is 1.05. The fraction of sp³-hybridized carbons (Fsp3) is 0.379. The summed E-state index contributed by atoms with van der Waals surface area (Å²) in [4.78, 5) is 2.51. The van der Waals surface area contributed by atoms with E-state index in [0.29, 0.717) is 0 Å². The molecule has 3 aromatic rings. The molecule has 154 valence electrons. The van der Waals surface area contributed by atoms with E-state index in [0.717, 1.165) is 45.3 Å². The van der Waals surface area contributed by atoms with Crippen molar-refractivity contribution >= 4 is 0 Å². The Balaban J connectivity index is 1.72. The van der Waals surface area contributed by atoms with Crippen LogP contribution in [0, 0.1) is 0 Å². The zero-order valence-corrected chi connectivity index (χ0v) is 18.9. The molecule has 0 heterocycles. The molecule has 0 atom stereocenters. The zero-order chi connectivity index (χ0) is 20.8. The third kappa shape index (κ3) is 2.87. The summed E-state index contributed by atoms with van der Waals surface area (Å²) in [6.45, 7) is 12.5. The van der Waals surface area contributed by atoms with Crippen LogP contribution in [0.15, 0.2) is 42.5 Å². The Morgan fingerprint density at radius 2 is 1.33 bits per heavy atom. The number of nitrogens with zero attached hydrogens (tertiary/aromatic N) is 1. The largest absolute Gasteiger partial charge is 0.300 e. The molecule has 0 unspecified atom stereocenters. The van der Waals surface area contributed by atoms with Gasteiger partial charge < -0.3 is 0 Å². The Labute approximate surface area is 181 Å². The summed E-state index contributed by atoms with van der Waals surface area (Å²) < 4.78 is 0. The summed E-state index contributed by atoms with van der Waals surface area (Å²) in [6, 6.07) is 16.4. The van der Waals surface area contributed by atoms with Gasteiger partial charge in [0.2, 0.25) is 0 Å². The molecule has 0 saturated heterocycles. The first-order valence-corrected chi connectivity index (χ1v) is 11.8. The standard InChI is InChI=1S/C29H33N/c1-5-22-26-16-20-11-9-10-12-24(20)28(26)23(6-2)29-25-15-19(18-30(7-3)8-4)13-14-21(25)17-27(22)29/h9-15H,5-8,16-18H2,1-4H3. The summed E-state index contributed by atoms with van der Waals surface area (Å²) in [7, 11) is 0. The maximum absolute atomic E-state index is 2.51. The number of fused-ring (bicyclic) bond motifs is 6. The normalized spacial score (nSPS) is 13.4. The van der Waals surface area contributed by atoms with Gasteiger partial charge in [-0.15, -0.1) is 0 Å². The highest BCUT2D eigenvalue weighted by Crippen LogP contribution is 2.50. The first kappa shape index (κ1) is 19.6. The molecule has 30 heavy (non-hydrogen) atoms. The van der Waals surface area contributed by atoms with Crippen LogP contribution in [0.3, 0.4) is 0 Å². The third-order valence-corrected chi connectivity index (χ3v) is 7.41. The Kier molecular flexibility index (Phi) is 5.03. The zero-order valence-electron chi connectivity index (χ0n) is 18.9. The van der Waals surface area contributed by atoms with Crippen molar-refractivity contribution in [3.8, 4) is 22.3 Å². The van der Waals surface area contributed by atoms with Crippen molar-refractivity contribution in [2.45, 2.75) is 59.9 Å². The van der Waals surface area contributed by atoms with E-state index in [4.69, 9.17) is 0 Å². The highest BCUT2D eigenvalue weighted by Gasteiger charge is 2.32. The minimum Gasteiger partial charge on any atom is -0.300 e. The second kappa shape index (κ2) is 7.71. The van der Waals surface area contributed by atoms with Crippen LogP contribution in [0.25, 0.3) is 22.3 Å². The lowest BCUT2D eigenvalue weighted by Crippen LogP contribution is -2.22. The van der Waals surface area contributed by atoms with Gasteiger partial charge in [0.1, 0.15) is 0 Å². The van der Waals surface area contributed by atoms with Crippen LogP contribution >= 0.6 is 0 Å². The number of benzene rings is 3. The summed E-state index contributed by atoms with van der Waals surface area (Å²) in [5.74, 6) is 0. The highest BCUT2D eigenvalue weighted by molar-refractivity contribution is 5.92. The molecule has 2 aliphatic rings. The molecule has 0 spiro atoms. The molecule has 3 aromatic carbocycles. The molecule has 0 aliphatic heterocycles. The van der Waals surface area contributed by atoms with Crippen LogP contribution < -0.4 is 0 Å². The van der Waals surface area contributed by atoms with E-state index in [9.17, 15) is 0 Å². The lowest BCUT2D eigenvalue weighted by atomic mass is 9.84. The maximum atomic E-state index is 2.51. The predicted octanol–water partition coefficient (Wildman–Crippen LogP) is 6.80. The van der Waals surface area contributed by atoms with Gasteiger partial charge in [0.25, 0.3) is 0 Å². The Morgan fingerprint density at radius 3 is 2.00 bits per heavy atom. The van der Waals surface area contributed by atoms with Crippen LogP contribution in [0.5, 0.6) is 0 Å². The molecule has 0 fully saturated rings. The molecule has 0 bridgehead atoms. The Morgan fingerprint density at radius 1 is 0.700 bits per heavy atom. The lowest BCUT2D eigenvalue weighted by molar-refractivity contribution is 0.296. The molecule has 0 aromatic heterocycles. The average Bonchev–Trinajstić information content (AvgIpc) is 3.34. The SMILES string of the molecule is CCc1c2c(c(CC)c3c1Cc1ccc(CN(CC)CC)cc1-3)-c1ccccc1C2. The molecule has 0 N–H and O–H groups in total. The van der Waals surface area contributed by atoms with E-state index >= 15 is 0 Å². The molecule has 0 saturated carbocycles. The van der Waals surface area contributed by atoms with Crippen LogP contribution in [0.2, 0.25) is 0 Å². The van der Waals surface area contributed by atoms with Crippen molar-refractivity contribution in [3.05, 3.63) is 81.4 Å². The predicted molar refractivity (Wildman–Crippen MR) is 128 cm³/mol. The van der Waals surface area contributed by atoms with E-state index in [1.807, 2.05) is 0 Å². The van der Waals surface area contributed by atoms with Gasteiger partial charge in [-0.1, -0.05) is 64.1 Å². The summed E-state index contributed by atoms with van der Waals surface area (Å²) in [6.07, 6.45) is 4.44. The molecule has 2 aliphatic carbocycles. The van der Waals surface area contributed by atoms with Crippen molar-refractivity contribution in [2.75, 3.05) is 13.1 Å². The van der Waals surface area contributed by atoms with Crippen molar-refractivity contribution in [1.29, 1.82) is 0 Å². The van der Waals surface area contributed by atoms with Crippen LogP contribution in [-0.4, -0.2) is 18.0 Å². The molecular weight excluding hydrogens is 362 g/mol. The van der Waals surface area contributed by atoms with Gasteiger partial charge in [0.15, 0.2) is 0 Å². The quantitative estimate of drug-likeness (QED) is 0.306. The van der Waals surface area contributed by atoms with Crippen LogP contribution in [-0.2, 0) is 32.2 Å². The lowest BCUT2D eigenvalue weighted by Gasteiger charge is -2.21. The maximum Gasteiger partial charge on any atom is 0.0233 e. The summed E-state index contributed by atoms with van der Waals surface area (Å²) in [5.41, 5.74) is 17.0. The van der Waals surface area contributed by atoms with Gasteiger partial charge in [0, 0.05) is 6.54 Å². The van der Waals surface area contributed by atoms with E-state index in [2.05, 4.69) is 75.1 Å². The van der Waals surface area contributed by atoms with Crippen molar-refractivity contribution in [1.82, 2.24) is 4.90 Å². The number of rotatable bonds is 6. The Bertz CT molecular complexity index is 1120. The molecule has 5 rings (SSSR count). The topological polar surface area (TPSA) is 3.24 Å². The molecule has 0 amide bonds. The second-order valence-electron chi connectivity index (χ2n) is 8.83. The van der Waals surface area contributed by atoms with Crippen LogP contribution in [0.4, 0.5) is 0 Å².